The molecule has 1 atom stereocenters. The molecule has 1 heterocycles. The Kier molecular flexibility index (Phi) is 3.34. The van der Waals surface area contributed by atoms with Gasteiger partial charge in [0, 0.05) is 0 Å². The third kappa shape index (κ3) is 2.48. The average molecular weight is 294 g/mol. The van der Waals surface area contributed by atoms with E-state index in [9.17, 15) is 5.02 Å². The second-order valence-electron chi connectivity index (χ2n) is 5.47. The van der Waals surface area contributed by atoms with Crippen molar-refractivity contribution < 1.29 is 15.8 Å². The van der Waals surface area contributed by atoms with Crippen LogP contribution in [0.4, 0.5) is 5.69 Å². The van der Waals surface area contributed by atoms with E-state index in [1.54, 1.807) is 12.1 Å². The van der Waals surface area contributed by atoms with Crippen LogP contribution in [-0.4, -0.2) is 12.1 Å². The molecule has 0 spiro atoms. The highest BCUT2D eigenvalue weighted by Gasteiger charge is 2.28. The highest BCUT2D eigenvalue weighted by atomic mass is 16.5. The van der Waals surface area contributed by atoms with Crippen molar-refractivity contribution in [3.05, 3.63) is 57.9 Å². The van der Waals surface area contributed by atoms with Crippen molar-refractivity contribution in [3.63, 3.8) is 0 Å². The third-order valence-electron chi connectivity index (χ3n) is 3.77. The lowest BCUT2D eigenvalue weighted by atomic mass is 9.79. The molecule has 3 rings (SSSR count). The molecular formula is C17H16BNO3. The number of aryl methyl sites for hydroxylation is 3. The molecule has 2 aromatic rings. The first-order chi connectivity index (χ1) is 10.9. The van der Waals surface area contributed by atoms with E-state index in [1.807, 2.05) is 32.9 Å². The molecule has 0 bridgehead atoms. The first-order valence-corrected chi connectivity index (χ1v) is 6.97. The van der Waals surface area contributed by atoms with Crippen LogP contribution in [0.1, 0.15) is 23.6 Å². The van der Waals surface area contributed by atoms with Gasteiger partial charge in [0.05, 0.1) is 14.5 Å². The van der Waals surface area contributed by atoms with E-state index >= 15 is 0 Å². The third-order valence-corrected chi connectivity index (χ3v) is 3.77. The van der Waals surface area contributed by atoms with Gasteiger partial charge in [0.25, 0.3) is 0 Å². The Labute approximate surface area is 131 Å². The molecule has 5 heteroatoms. The minimum atomic E-state index is -1.05. The summed E-state index contributed by atoms with van der Waals surface area (Å²) in [7, 11) is -1.05. The molecule has 0 saturated heterocycles. The van der Waals surface area contributed by atoms with Crippen LogP contribution in [0.5, 0.6) is 11.5 Å². The van der Waals surface area contributed by atoms with E-state index in [2.05, 4.69) is 4.85 Å². The van der Waals surface area contributed by atoms with E-state index in [4.69, 9.17) is 17.3 Å². The number of hydrogen-bond donors (Lipinski definition) is 1. The number of rotatable bonds is 2. The SMILES string of the molecule is [2H]C1OB(O)c2cc(C)c(Oc3cc(C)c([N+]#[C-])c(C)c3)cc21. The molecule has 0 amide bonds. The minimum absolute atomic E-state index is 0.615. The number of hydrogen-bond acceptors (Lipinski definition) is 3. The van der Waals surface area contributed by atoms with Crippen LogP contribution in [0.3, 0.4) is 0 Å². The van der Waals surface area contributed by atoms with E-state index in [0.29, 0.717) is 28.2 Å². The molecule has 0 saturated carbocycles. The monoisotopic (exact) mass is 294 g/mol. The molecule has 1 N–H and O–H groups in total. The number of ether oxygens (including phenoxy) is 1. The van der Waals surface area contributed by atoms with Crippen molar-refractivity contribution in [1.82, 2.24) is 0 Å². The summed E-state index contributed by atoms with van der Waals surface area (Å²) >= 11 is 0. The van der Waals surface area contributed by atoms with E-state index in [0.717, 1.165) is 16.7 Å². The van der Waals surface area contributed by atoms with Gasteiger partial charge in [-0.3, -0.25) is 0 Å². The van der Waals surface area contributed by atoms with Crippen molar-refractivity contribution in [3.8, 4) is 11.5 Å². The van der Waals surface area contributed by atoms with Gasteiger partial charge in [-0.15, -0.1) is 0 Å². The van der Waals surface area contributed by atoms with E-state index < -0.39 is 13.7 Å². The lowest BCUT2D eigenvalue weighted by Gasteiger charge is -2.13. The molecule has 110 valence electrons. The molecule has 0 aromatic heterocycles. The van der Waals surface area contributed by atoms with Crippen molar-refractivity contribution in [2.45, 2.75) is 27.4 Å². The van der Waals surface area contributed by atoms with Crippen molar-refractivity contribution in [2.75, 3.05) is 0 Å². The first kappa shape index (κ1) is 13.4. The Balaban J connectivity index is 1.99. The lowest BCUT2D eigenvalue weighted by molar-refractivity contribution is 0.275. The van der Waals surface area contributed by atoms with E-state index in [1.165, 1.54) is 0 Å². The predicted octanol–water partition coefficient (Wildman–Crippen LogP) is 3.17. The van der Waals surface area contributed by atoms with Gasteiger partial charge in [-0.25, -0.2) is 4.85 Å². The second-order valence-corrected chi connectivity index (χ2v) is 5.47. The summed E-state index contributed by atoms with van der Waals surface area (Å²) in [5.41, 5.74) is 4.46. The fraction of sp³-hybridized carbons (Fsp3) is 0.235. The Morgan fingerprint density at radius 3 is 2.55 bits per heavy atom. The standard InChI is InChI=1S/C17H16BNO3/c1-10-7-15-13(9-21-18(15)20)8-16(10)22-14-5-11(2)17(19-4)12(3)6-14/h5-8,20H,9H2,1-3H3/i9D. The van der Waals surface area contributed by atoms with Gasteiger partial charge in [0.1, 0.15) is 11.5 Å². The fourth-order valence-corrected chi connectivity index (χ4v) is 2.64. The smallest absolute Gasteiger partial charge is 0.457 e. The van der Waals surface area contributed by atoms with Crippen LogP contribution >= 0.6 is 0 Å². The summed E-state index contributed by atoms with van der Waals surface area (Å²) in [4.78, 5) is 3.53. The maximum atomic E-state index is 9.78. The average Bonchev–Trinajstić information content (AvgIpc) is 2.74. The summed E-state index contributed by atoms with van der Waals surface area (Å²) in [6, 6.07) is 7.19. The lowest BCUT2D eigenvalue weighted by Crippen LogP contribution is -2.28. The maximum absolute atomic E-state index is 9.78. The zero-order valence-electron chi connectivity index (χ0n) is 13.7. The Bertz CT molecular complexity index is 808. The summed E-state index contributed by atoms with van der Waals surface area (Å²) < 4.78 is 18.9. The maximum Gasteiger partial charge on any atom is 0.491 e. The number of fused-ring (bicyclic) bond motifs is 1. The normalized spacial score (nSPS) is 17.0. The Morgan fingerprint density at radius 2 is 1.91 bits per heavy atom. The first-order valence-electron chi connectivity index (χ1n) is 7.55. The summed E-state index contributed by atoms with van der Waals surface area (Å²) in [5, 5.41) is 9.78. The van der Waals surface area contributed by atoms with Gasteiger partial charge in [0.2, 0.25) is 0 Å². The zero-order valence-corrected chi connectivity index (χ0v) is 12.7. The molecule has 1 aliphatic rings. The highest BCUT2D eigenvalue weighted by molar-refractivity contribution is 6.61. The van der Waals surface area contributed by atoms with Crippen molar-refractivity contribution in [1.29, 1.82) is 0 Å². The van der Waals surface area contributed by atoms with Gasteiger partial charge in [-0.1, -0.05) is 6.07 Å². The van der Waals surface area contributed by atoms with Gasteiger partial charge in [0.15, 0.2) is 5.69 Å². The van der Waals surface area contributed by atoms with Crippen LogP contribution in [0.2, 0.25) is 0 Å². The minimum Gasteiger partial charge on any atom is -0.457 e. The van der Waals surface area contributed by atoms with Gasteiger partial charge < -0.3 is 14.4 Å². The Hall–Kier alpha value is -2.29. The van der Waals surface area contributed by atoms with E-state index in [-0.39, 0.29) is 0 Å². The Morgan fingerprint density at radius 1 is 1.23 bits per heavy atom. The molecule has 0 radical (unpaired) electrons. The van der Waals surface area contributed by atoms with Crippen molar-refractivity contribution >= 4 is 18.3 Å². The molecule has 22 heavy (non-hydrogen) atoms. The van der Waals surface area contributed by atoms with Gasteiger partial charge >= 0.3 is 7.12 Å². The fourth-order valence-electron chi connectivity index (χ4n) is 2.64. The van der Waals surface area contributed by atoms with Crippen LogP contribution < -0.4 is 10.2 Å². The zero-order chi connectivity index (χ0) is 16.7. The van der Waals surface area contributed by atoms with Gasteiger partial charge in [-0.2, -0.15) is 0 Å². The molecule has 2 aromatic carbocycles. The highest BCUT2D eigenvalue weighted by Crippen LogP contribution is 2.33. The molecule has 1 unspecified atom stereocenters. The number of benzene rings is 2. The second kappa shape index (κ2) is 5.49. The summed E-state index contributed by atoms with van der Waals surface area (Å²) in [5.74, 6) is 1.27. The molecule has 1 aliphatic heterocycles. The van der Waals surface area contributed by atoms with Crippen LogP contribution in [0.15, 0.2) is 24.3 Å². The number of nitrogens with zero attached hydrogens (tertiary/aromatic N) is 1. The van der Waals surface area contributed by atoms with Crippen LogP contribution in [0, 0.1) is 27.3 Å². The topological polar surface area (TPSA) is 43.0 Å². The van der Waals surface area contributed by atoms with Gasteiger partial charge in [-0.05, 0) is 66.7 Å². The van der Waals surface area contributed by atoms with Crippen LogP contribution in [-0.2, 0) is 11.2 Å². The largest absolute Gasteiger partial charge is 0.491 e. The molecule has 0 aliphatic carbocycles. The quantitative estimate of drug-likeness (QED) is 0.683. The summed E-state index contributed by atoms with van der Waals surface area (Å²) in [6.07, 6.45) is 0. The predicted molar refractivity (Wildman–Crippen MR) is 85.8 cm³/mol. The van der Waals surface area contributed by atoms with Crippen molar-refractivity contribution in [2.24, 2.45) is 0 Å². The molecular weight excluding hydrogens is 277 g/mol. The molecule has 4 nitrogen and oxygen atoms in total. The summed E-state index contributed by atoms with van der Waals surface area (Å²) in [6.45, 7) is 11.9. The van der Waals surface area contributed by atoms with Crippen LogP contribution in [0.25, 0.3) is 4.85 Å². The molecule has 0 fully saturated rings.